The molecule has 0 radical (unpaired) electrons. The highest BCUT2D eigenvalue weighted by molar-refractivity contribution is 7.89. The maximum absolute atomic E-state index is 14.9. The molecule has 0 amide bonds. The molecule has 0 spiro atoms. The van der Waals surface area contributed by atoms with Gasteiger partial charge in [0.15, 0.2) is 5.69 Å². The average Bonchev–Trinajstić information content (AvgIpc) is 3.82. The number of hydrogen-bond acceptors (Lipinski definition) is 7. The van der Waals surface area contributed by atoms with Gasteiger partial charge in [-0.3, -0.25) is 0 Å². The van der Waals surface area contributed by atoms with Gasteiger partial charge in [-0.15, -0.1) is 22.7 Å². The topological polar surface area (TPSA) is 128 Å². The van der Waals surface area contributed by atoms with Crippen LogP contribution in [0.1, 0.15) is 73.7 Å². The smallest absolute Gasteiger partial charge is 0.355 e. The van der Waals surface area contributed by atoms with E-state index in [1.165, 1.54) is 44.2 Å². The van der Waals surface area contributed by atoms with Gasteiger partial charge in [0.25, 0.3) is 0 Å². The summed E-state index contributed by atoms with van der Waals surface area (Å²) in [5.74, 6) is -0.635. The molecule has 2 aliphatic carbocycles. The molecule has 2 aromatic carbocycles. The Kier molecular flexibility index (Phi) is 7.27. The molecule has 2 atom stereocenters. The Hall–Kier alpha value is -3.71. The standard InChI is InChI=1S/C32H29FN4O4S3/c1-17-5-9-28(43-17)23-15-22(23)20-3-2-4-21(14-20)30-24(11-19-8-10-29(25(33)12-19)44(34,40)41)27(13-18-6-7-18)37(36-30)32-35-26(16-42-32)31(38)39/h2-5,8-10,12,14,16,18,22-23H,6-7,11,13,15H2,1H3,(H,38,39)(H2,34,40,41). The monoisotopic (exact) mass is 648 g/mol. The second kappa shape index (κ2) is 11.0. The maximum atomic E-state index is 14.9. The fourth-order valence-corrected chi connectivity index (χ4v) is 8.28. The molecule has 0 saturated heterocycles. The molecule has 3 heterocycles. The molecule has 2 aliphatic rings. The maximum Gasteiger partial charge on any atom is 0.355 e. The summed E-state index contributed by atoms with van der Waals surface area (Å²) in [6.07, 6.45) is 4.25. The lowest BCUT2D eigenvalue weighted by atomic mass is 9.95. The Bertz CT molecular complexity index is 2030. The Labute approximate surface area is 262 Å². The van der Waals surface area contributed by atoms with Gasteiger partial charge >= 0.3 is 5.97 Å². The third kappa shape index (κ3) is 5.74. The lowest BCUT2D eigenvalue weighted by molar-refractivity contribution is 0.0691. The second-order valence-electron chi connectivity index (χ2n) is 11.7. The van der Waals surface area contributed by atoms with E-state index in [1.54, 1.807) is 10.7 Å². The summed E-state index contributed by atoms with van der Waals surface area (Å²) < 4.78 is 40.3. The van der Waals surface area contributed by atoms with Crippen LogP contribution in [-0.4, -0.2) is 34.3 Å². The molecule has 3 N–H and O–H groups in total. The number of nitrogens with zero attached hydrogens (tertiary/aromatic N) is 3. The normalized spacial score (nSPS) is 18.1. The number of carbonyl (C=O) groups is 1. The first-order valence-corrected chi connectivity index (χ1v) is 17.6. The van der Waals surface area contributed by atoms with Crippen molar-refractivity contribution in [2.45, 2.75) is 55.8 Å². The molecule has 2 saturated carbocycles. The quantitative estimate of drug-likeness (QED) is 0.174. The molecule has 226 valence electrons. The van der Waals surface area contributed by atoms with Crippen molar-refractivity contribution < 1.29 is 22.7 Å². The number of sulfonamides is 1. The zero-order valence-electron chi connectivity index (χ0n) is 23.7. The number of carboxylic acid groups (broad SMARTS) is 1. The number of halogens is 1. The van der Waals surface area contributed by atoms with Gasteiger partial charge in [0, 0.05) is 38.6 Å². The second-order valence-corrected chi connectivity index (χ2v) is 15.3. The summed E-state index contributed by atoms with van der Waals surface area (Å²) in [4.78, 5) is 18.2. The van der Waals surface area contributed by atoms with E-state index < -0.39 is 26.7 Å². The van der Waals surface area contributed by atoms with E-state index in [0.29, 0.717) is 41.3 Å². The number of carboxylic acids is 1. The fourth-order valence-electron chi connectivity index (χ4n) is 5.86. The third-order valence-electron chi connectivity index (χ3n) is 8.35. The number of aryl methyl sites for hydroxylation is 1. The zero-order chi connectivity index (χ0) is 30.7. The molecule has 44 heavy (non-hydrogen) atoms. The Morgan fingerprint density at radius 2 is 1.95 bits per heavy atom. The van der Waals surface area contributed by atoms with Crippen LogP contribution in [-0.2, 0) is 22.9 Å². The first kappa shape index (κ1) is 29.0. The molecule has 2 fully saturated rings. The number of primary sulfonamides is 1. The van der Waals surface area contributed by atoms with Crippen molar-refractivity contribution in [2.75, 3.05) is 0 Å². The molecule has 12 heteroatoms. The molecule has 5 aromatic rings. The number of aromatic carboxylic acids is 1. The van der Waals surface area contributed by atoms with Gasteiger partial charge in [-0.1, -0.05) is 24.3 Å². The van der Waals surface area contributed by atoms with E-state index in [1.807, 2.05) is 23.5 Å². The number of hydrogen-bond donors (Lipinski definition) is 2. The lowest BCUT2D eigenvalue weighted by Gasteiger charge is -2.10. The van der Waals surface area contributed by atoms with Crippen molar-refractivity contribution in [1.29, 1.82) is 0 Å². The van der Waals surface area contributed by atoms with E-state index >= 15 is 0 Å². The summed E-state index contributed by atoms with van der Waals surface area (Å²) >= 11 is 3.05. The molecule has 2 unspecified atom stereocenters. The molecule has 0 aliphatic heterocycles. The van der Waals surface area contributed by atoms with Crippen LogP contribution in [0.4, 0.5) is 4.39 Å². The third-order valence-corrected chi connectivity index (χ3v) is 11.2. The summed E-state index contributed by atoms with van der Waals surface area (Å²) in [6, 6.07) is 16.8. The minimum Gasteiger partial charge on any atom is -0.476 e. The van der Waals surface area contributed by atoms with Gasteiger partial charge in [-0.05, 0) is 85.9 Å². The number of thiazole rings is 1. The summed E-state index contributed by atoms with van der Waals surface area (Å²) in [7, 11) is -4.20. The molecular weight excluding hydrogens is 620 g/mol. The van der Waals surface area contributed by atoms with Gasteiger partial charge in [0.05, 0.1) is 11.4 Å². The number of aromatic nitrogens is 3. The fraction of sp³-hybridized carbons (Fsp3) is 0.281. The van der Waals surface area contributed by atoms with Crippen molar-refractivity contribution in [3.05, 3.63) is 104 Å². The number of benzene rings is 2. The van der Waals surface area contributed by atoms with Gasteiger partial charge in [-0.2, -0.15) is 5.10 Å². The van der Waals surface area contributed by atoms with Crippen LogP contribution in [0.25, 0.3) is 16.4 Å². The Balaban J connectivity index is 1.33. The molecular formula is C32H29FN4O4S3. The van der Waals surface area contributed by atoms with Crippen LogP contribution in [0, 0.1) is 18.7 Å². The van der Waals surface area contributed by atoms with Gasteiger partial charge in [-0.25, -0.2) is 32.4 Å². The molecule has 3 aromatic heterocycles. The summed E-state index contributed by atoms with van der Waals surface area (Å²) in [6.45, 7) is 2.12. The highest BCUT2D eigenvalue weighted by Crippen LogP contribution is 2.56. The molecule has 7 rings (SSSR count). The summed E-state index contributed by atoms with van der Waals surface area (Å²) in [5, 5.41) is 21.7. The Morgan fingerprint density at radius 1 is 1.14 bits per heavy atom. The highest BCUT2D eigenvalue weighted by atomic mass is 32.2. The number of nitrogens with two attached hydrogens (primary N) is 1. The van der Waals surface area contributed by atoms with E-state index in [2.05, 4.69) is 36.2 Å². The van der Waals surface area contributed by atoms with Crippen molar-refractivity contribution >= 4 is 38.7 Å². The largest absolute Gasteiger partial charge is 0.476 e. The first-order chi connectivity index (χ1) is 21.0. The minimum absolute atomic E-state index is 0.0489. The van der Waals surface area contributed by atoms with Crippen LogP contribution < -0.4 is 5.14 Å². The van der Waals surface area contributed by atoms with E-state index in [9.17, 15) is 22.7 Å². The van der Waals surface area contributed by atoms with E-state index in [4.69, 9.17) is 10.2 Å². The van der Waals surface area contributed by atoms with Crippen molar-refractivity contribution in [3.63, 3.8) is 0 Å². The van der Waals surface area contributed by atoms with Crippen LogP contribution >= 0.6 is 22.7 Å². The van der Waals surface area contributed by atoms with E-state index in [-0.39, 0.29) is 5.69 Å². The zero-order valence-corrected chi connectivity index (χ0v) is 26.2. The van der Waals surface area contributed by atoms with Crippen LogP contribution in [0.15, 0.2) is 64.9 Å². The highest BCUT2D eigenvalue weighted by Gasteiger charge is 2.40. The predicted octanol–water partition coefficient (Wildman–Crippen LogP) is 6.66. The average molecular weight is 649 g/mol. The first-order valence-electron chi connectivity index (χ1n) is 14.3. The van der Waals surface area contributed by atoms with Crippen molar-refractivity contribution in [2.24, 2.45) is 11.1 Å². The molecule has 0 bridgehead atoms. The predicted molar refractivity (Wildman–Crippen MR) is 168 cm³/mol. The molecule has 8 nitrogen and oxygen atoms in total. The number of rotatable bonds is 10. The minimum atomic E-state index is -4.20. The van der Waals surface area contributed by atoms with Gasteiger partial charge in [0.1, 0.15) is 10.7 Å². The van der Waals surface area contributed by atoms with Crippen molar-refractivity contribution in [1.82, 2.24) is 14.8 Å². The van der Waals surface area contributed by atoms with Crippen LogP contribution in [0.2, 0.25) is 0 Å². The van der Waals surface area contributed by atoms with Gasteiger partial charge in [0.2, 0.25) is 15.2 Å². The SMILES string of the molecule is Cc1ccc(C2CC2c2cccc(-c3nn(-c4nc(C(=O)O)cs4)c(CC4CC4)c3Cc3ccc(S(N)(=O)=O)c(F)c3)c2)s1. The van der Waals surface area contributed by atoms with Crippen LogP contribution in [0.5, 0.6) is 0 Å². The van der Waals surface area contributed by atoms with E-state index in [0.717, 1.165) is 41.8 Å². The van der Waals surface area contributed by atoms with Gasteiger partial charge < -0.3 is 5.11 Å². The van der Waals surface area contributed by atoms with Crippen molar-refractivity contribution in [3.8, 4) is 16.4 Å². The number of thiophene rings is 1. The summed E-state index contributed by atoms with van der Waals surface area (Å²) in [5.41, 5.74) is 5.16. The van der Waals surface area contributed by atoms with Crippen LogP contribution in [0.3, 0.4) is 0 Å². The Morgan fingerprint density at radius 3 is 2.61 bits per heavy atom. The lowest BCUT2D eigenvalue weighted by Crippen LogP contribution is -2.14.